The Morgan fingerprint density at radius 3 is 2.38 bits per heavy atom. The van der Waals surface area contributed by atoms with E-state index in [2.05, 4.69) is 0 Å². The highest BCUT2D eigenvalue weighted by molar-refractivity contribution is 5.80. The summed E-state index contributed by atoms with van der Waals surface area (Å²) < 4.78 is 13.1. The van der Waals surface area contributed by atoms with E-state index in [9.17, 15) is 9.18 Å². The number of rotatable bonds is 6. The molecule has 2 atom stereocenters. The molecule has 126 valence electrons. The van der Waals surface area contributed by atoms with Crippen LogP contribution in [0.15, 0.2) is 54.6 Å². The molecule has 2 N–H and O–H groups in total. The van der Waals surface area contributed by atoms with Crippen LogP contribution in [-0.2, 0) is 11.3 Å². The lowest BCUT2D eigenvalue weighted by Crippen LogP contribution is -2.40. The maximum absolute atomic E-state index is 13.1. The lowest BCUT2D eigenvalue weighted by Gasteiger charge is -2.29. The number of hydrogen-bond acceptors (Lipinski definition) is 2. The molecule has 1 fully saturated rings. The number of benzene rings is 2. The molecule has 0 bridgehead atoms. The van der Waals surface area contributed by atoms with Crippen LogP contribution in [-0.4, -0.2) is 16.8 Å². The highest BCUT2D eigenvalue weighted by Gasteiger charge is 2.36. The van der Waals surface area contributed by atoms with E-state index in [1.807, 2.05) is 42.2 Å². The van der Waals surface area contributed by atoms with Gasteiger partial charge in [0.15, 0.2) is 0 Å². The van der Waals surface area contributed by atoms with Crippen molar-refractivity contribution in [2.75, 3.05) is 0 Å². The fourth-order valence-electron chi connectivity index (χ4n) is 2.94. The van der Waals surface area contributed by atoms with Crippen molar-refractivity contribution >= 4 is 5.91 Å². The Hall–Kier alpha value is -2.20. The Morgan fingerprint density at radius 2 is 1.79 bits per heavy atom. The van der Waals surface area contributed by atoms with Crippen molar-refractivity contribution in [3.8, 4) is 0 Å². The Labute approximate surface area is 142 Å². The van der Waals surface area contributed by atoms with Gasteiger partial charge in [-0.2, -0.15) is 0 Å². The number of hydrogen-bond donors (Lipinski definition) is 1. The second kappa shape index (κ2) is 7.14. The van der Waals surface area contributed by atoms with Gasteiger partial charge in [-0.15, -0.1) is 0 Å². The summed E-state index contributed by atoms with van der Waals surface area (Å²) in [7, 11) is 0. The topological polar surface area (TPSA) is 46.3 Å². The van der Waals surface area contributed by atoms with Crippen molar-refractivity contribution < 1.29 is 9.18 Å². The monoisotopic (exact) mass is 326 g/mol. The molecule has 1 aliphatic rings. The minimum Gasteiger partial charge on any atom is -0.335 e. The van der Waals surface area contributed by atoms with E-state index < -0.39 is 0 Å². The minimum absolute atomic E-state index is 0.0678. The Bertz CT molecular complexity index is 683. The molecule has 1 aliphatic carbocycles. The largest absolute Gasteiger partial charge is 0.335 e. The van der Waals surface area contributed by atoms with Gasteiger partial charge >= 0.3 is 0 Å². The Kier molecular flexibility index (Phi) is 4.95. The molecule has 3 nitrogen and oxygen atoms in total. The van der Waals surface area contributed by atoms with Gasteiger partial charge in [-0.25, -0.2) is 4.39 Å². The molecule has 2 aromatic carbocycles. The van der Waals surface area contributed by atoms with Gasteiger partial charge in [-0.05, 0) is 36.1 Å². The first kappa shape index (κ1) is 16.7. The van der Waals surface area contributed by atoms with Crippen LogP contribution >= 0.6 is 0 Å². The lowest BCUT2D eigenvalue weighted by atomic mass is 9.94. The summed E-state index contributed by atoms with van der Waals surface area (Å²) >= 11 is 0. The SMILES string of the molecule is CC(C(=O)N(Cc1ccc(F)cc1)C1CC1)C(N)c1ccccc1. The number of amides is 1. The van der Waals surface area contributed by atoms with Crippen LogP contribution in [0.4, 0.5) is 4.39 Å². The van der Waals surface area contributed by atoms with E-state index in [4.69, 9.17) is 5.73 Å². The smallest absolute Gasteiger partial charge is 0.227 e. The number of halogens is 1. The van der Waals surface area contributed by atoms with Crippen molar-refractivity contribution in [3.05, 3.63) is 71.5 Å². The summed E-state index contributed by atoms with van der Waals surface area (Å²) in [6.07, 6.45) is 2.06. The van der Waals surface area contributed by atoms with Crippen LogP contribution in [0.3, 0.4) is 0 Å². The summed E-state index contributed by atoms with van der Waals surface area (Å²) in [5, 5.41) is 0. The van der Waals surface area contributed by atoms with Gasteiger partial charge in [0.05, 0.1) is 5.92 Å². The van der Waals surface area contributed by atoms with E-state index in [-0.39, 0.29) is 29.7 Å². The van der Waals surface area contributed by atoms with Gasteiger partial charge in [0.2, 0.25) is 5.91 Å². The first-order valence-corrected chi connectivity index (χ1v) is 8.41. The van der Waals surface area contributed by atoms with E-state index >= 15 is 0 Å². The predicted octanol–water partition coefficient (Wildman–Crippen LogP) is 3.65. The zero-order chi connectivity index (χ0) is 17.1. The molecule has 24 heavy (non-hydrogen) atoms. The zero-order valence-electron chi connectivity index (χ0n) is 13.9. The first-order valence-electron chi connectivity index (χ1n) is 8.41. The lowest BCUT2D eigenvalue weighted by molar-refractivity contribution is -0.137. The number of carbonyl (C=O) groups excluding carboxylic acids is 1. The van der Waals surface area contributed by atoms with Crippen LogP contribution < -0.4 is 5.73 Å². The van der Waals surface area contributed by atoms with E-state index in [1.54, 1.807) is 12.1 Å². The van der Waals surface area contributed by atoms with Crippen LogP contribution in [0.1, 0.15) is 36.9 Å². The number of nitrogens with two attached hydrogens (primary N) is 1. The third-order valence-corrected chi connectivity index (χ3v) is 4.65. The van der Waals surface area contributed by atoms with Gasteiger partial charge in [-0.3, -0.25) is 4.79 Å². The molecule has 2 unspecified atom stereocenters. The standard InChI is InChI=1S/C20H23FN2O/c1-14(19(22)16-5-3-2-4-6-16)20(24)23(18-11-12-18)13-15-7-9-17(21)10-8-15/h2-10,14,18-19H,11-13,22H2,1H3. The maximum atomic E-state index is 13.1. The maximum Gasteiger partial charge on any atom is 0.227 e. The summed E-state index contributed by atoms with van der Waals surface area (Å²) in [6, 6.07) is 16.0. The van der Waals surface area contributed by atoms with Gasteiger partial charge < -0.3 is 10.6 Å². The van der Waals surface area contributed by atoms with Gasteiger partial charge in [0, 0.05) is 18.6 Å². The highest BCUT2D eigenvalue weighted by Crippen LogP contribution is 2.32. The number of nitrogens with zero attached hydrogens (tertiary/aromatic N) is 1. The van der Waals surface area contributed by atoms with Crippen LogP contribution in [0.2, 0.25) is 0 Å². The summed E-state index contributed by atoms with van der Waals surface area (Å²) in [5.74, 6) is -0.492. The highest BCUT2D eigenvalue weighted by atomic mass is 19.1. The van der Waals surface area contributed by atoms with E-state index in [0.717, 1.165) is 24.0 Å². The molecular formula is C20H23FN2O. The average Bonchev–Trinajstić information content (AvgIpc) is 3.45. The Morgan fingerprint density at radius 1 is 1.17 bits per heavy atom. The van der Waals surface area contributed by atoms with E-state index in [0.29, 0.717) is 6.54 Å². The van der Waals surface area contributed by atoms with E-state index in [1.165, 1.54) is 12.1 Å². The van der Waals surface area contributed by atoms with Gasteiger partial charge in [0.25, 0.3) is 0 Å². The zero-order valence-corrected chi connectivity index (χ0v) is 13.9. The molecule has 0 heterocycles. The fourth-order valence-corrected chi connectivity index (χ4v) is 2.94. The average molecular weight is 326 g/mol. The second-order valence-electron chi connectivity index (χ2n) is 6.55. The van der Waals surface area contributed by atoms with Crippen molar-refractivity contribution in [1.82, 2.24) is 4.90 Å². The van der Waals surface area contributed by atoms with Crippen molar-refractivity contribution in [2.24, 2.45) is 11.7 Å². The molecular weight excluding hydrogens is 303 g/mol. The molecule has 0 spiro atoms. The molecule has 3 rings (SSSR count). The van der Waals surface area contributed by atoms with Crippen molar-refractivity contribution in [1.29, 1.82) is 0 Å². The summed E-state index contributed by atoms with van der Waals surface area (Å²) in [4.78, 5) is 14.9. The third-order valence-electron chi connectivity index (χ3n) is 4.65. The minimum atomic E-state index is -0.326. The summed E-state index contributed by atoms with van der Waals surface area (Å²) in [6.45, 7) is 2.40. The number of carbonyl (C=O) groups is 1. The predicted molar refractivity (Wildman–Crippen MR) is 92.5 cm³/mol. The Balaban J connectivity index is 1.73. The normalized spacial score (nSPS) is 16.5. The van der Waals surface area contributed by atoms with Crippen LogP contribution in [0.5, 0.6) is 0 Å². The quantitative estimate of drug-likeness (QED) is 0.881. The molecule has 1 saturated carbocycles. The first-order chi connectivity index (χ1) is 11.6. The second-order valence-corrected chi connectivity index (χ2v) is 6.55. The van der Waals surface area contributed by atoms with Crippen LogP contribution in [0.25, 0.3) is 0 Å². The molecule has 4 heteroatoms. The summed E-state index contributed by atoms with van der Waals surface area (Å²) in [5.41, 5.74) is 8.22. The molecule has 0 aliphatic heterocycles. The van der Waals surface area contributed by atoms with Crippen molar-refractivity contribution in [2.45, 2.75) is 38.4 Å². The molecule has 1 amide bonds. The van der Waals surface area contributed by atoms with Crippen molar-refractivity contribution in [3.63, 3.8) is 0 Å². The van der Waals surface area contributed by atoms with Gasteiger partial charge in [-0.1, -0.05) is 49.4 Å². The third kappa shape index (κ3) is 3.82. The van der Waals surface area contributed by atoms with Crippen LogP contribution in [0, 0.1) is 11.7 Å². The molecule has 0 aromatic heterocycles. The molecule has 0 radical (unpaired) electrons. The van der Waals surface area contributed by atoms with Gasteiger partial charge in [0.1, 0.15) is 5.82 Å². The fraction of sp³-hybridized carbons (Fsp3) is 0.350. The molecule has 0 saturated heterocycles. The molecule has 2 aromatic rings.